The van der Waals surface area contributed by atoms with Crippen molar-refractivity contribution in [3.8, 4) is 11.1 Å². The molecule has 1 aromatic heterocycles. The first-order valence-electron chi connectivity index (χ1n) is 10.1. The van der Waals surface area contributed by atoms with Crippen molar-refractivity contribution in [2.45, 2.75) is 31.7 Å². The van der Waals surface area contributed by atoms with Gasteiger partial charge < -0.3 is 15.6 Å². The molecule has 3 aromatic rings. The number of carbonyl (C=O) groups is 2. The SMILES string of the molecule is C=CC(=O)N1Cc2cccc(-c3c(F)cc(C(N)=O)c4[nH]c(C)c(Cl)c34)c2C2(CC2)C1. The van der Waals surface area contributed by atoms with E-state index < -0.39 is 11.7 Å². The zero-order valence-electron chi connectivity index (χ0n) is 17.0. The van der Waals surface area contributed by atoms with Crippen LogP contribution in [0.15, 0.2) is 36.9 Å². The zero-order valence-corrected chi connectivity index (χ0v) is 17.8. The minimum atomic E-state index is -0.722. The van der Waals surface area contributed by atoms with Gasteiger partial charge in [-0.05, 0) is 48.6 Å². The number of aryl methyl sites for hydroxylation is 1. The number of hydrogen-bond acceptors (Lipinski definition) is 2. The number of rotatable bonds is 3. The van der Waals surface area contributed by atoms with Crippen LogP contribution in [0.1, 0.15) is 40.0 Å². The molecule has 2 aromatic carbocycles. The van der Waals surface area contributed by atoms with E-state index in [-0.39, 0.29) is 16.9 Å². The molecule has 31 heavy (non-hydrogen) atoms. The minimum absolute atomic E-state index is 0.0694. The Bertz CT molecular complexity index is 1310. The Labute approximate surface area is 183 Å². The molecule has 2 heterocycles. The molecule has 0 radical (unpaired) electrons. The Morgan fingerprint density at radius 1 is 1.35 bits per heavy atom. The maximum absolute atomic E-state index is 15.6. The van der Waals surface area contributed by atoms with Crippen molar-refractivity contribution in [1.29, 1.82) is 0 Å². The van der Waals surface area contributed by atoms with Crippen LogP contribution in [0, 0.1) is 12.7 Å². The van der Waals surface area contributed by atoms with E-state index in [1.807, 2.05) is 18.2 Å². The number of nitrogens with two attached hydrogens (primary N) is 1. The number of primary amides is 1. The van der Waals surface area contributed by atoms with Gasteiger partial charge in [-0.2, -0.15) is 0 Å². The summed E-state index contributed by atoms with van der Waals surface area (Å²) in [6.45, 7) is 6.40. The number of aromatic nitrogens is 1. The molecule has 2 aliphatic rings. The number of carbonyl (C=O) groups excluding carboxylic acids is 2. The van der Waals surface area contributed by atoms with Crippen LogP contribution in [-0.4, -0.2) is 28.2 Å². The zero-order chi connectivity index (χ0) is 22.1. The predicted octanol–water partition coefficient (Wildman–Crippen LogP) is 4.59. The Hall–Kier alpha value is -3.12. The fourth-order valence-electron chi connectivity index (χ4n) is 5.00. The number of amides is 2. The van der Waals surface area contributed by atoms with Crippen molar-refractivity contribution in [1.82, 2.24) is 9.88 Å². The first-order chi connectivity index (χ1) is 14.8. The molecule has 7 heteroatoms. The molecule has 5 rings (SSSR count). The van der Waals surface area contributed by atoms with E-state index in [1.165, 1.54) is 12.1 Å². The molecule has 1 fully saturated rings. The van der Waals surface area contributed by atoms with Crippen LogP contribution in [0.3, 0.4) is 0 Å². The third-order valence-electron chi connectivity index (χ3n) is 6.55. The minimum Gasteiger partial charge on any atom is -0.366 e. The molecule has 3 N–H and O–H groups in total. The average molecular weight is 438 g/mol. The molecular weight excluding hydrogens is 417 g/mol. The molecule has 1 aliphatic heterocycles. The highest BCUT2D eigenvalue weighted by atomic mass is 35.5. The van der Waals surface area contributed by atoms with Crippen LogP contribution < -0.4 is 5.73 Å². The van der Waals surface area contributed by atoms with Gasteiger partial charge in [-0.15, -0.1) is 0 Å². The second-order valence-electron chi connectivity index (χ2n) is 8.48. The first kappa shape index (κ1) is 19.8. The van der Waals surface area contributed by atoms with E-state index in [1.54, 1.807) is 11.8 Å². The maximum atomic E-state index is 15.6. The summed E-state index contributed by atoms with van der Waals surface area (Å²) in [5.41, 5.74) is 9.61. The van der Waals surface area contributed by atoms with Crippen LogP contribution in [0.2, 0.25) is 5.02 Å². The highest BCUT2D eigenvalue weighted by molar-refractivity contribution is 6.38. The van der Waals surface area contributed by atoms with Gasteiger partial charge in [-0.1, -0.05) is 36.4 Å². The Morgan fingerprint density at radius 2 is 2.10 bits per heavy atom. The van der Waals surface area contributed by atoms with Crippen LogP contribution in [0.25, 0.3) is 22.0 Å². The largest absolute Gasteiger partial charge is 0.366 e. The summed E-state index contributed by atoms with van der Waals surface area (Å²) >= 11 is 6.58. The van der Waals surface area contributed by atoms with E-state index in [4.69, 9.17) is 17.3 Å². The number of hydrogen-bond donors (Lipinski definition) is 2. The number of nitrogens with zero attached hydrogens (tertiary/aromatic N) is 1. The van der Waals surface area contributed by atoms with Gasteiger partial charge in [0.25, 0.3) is 5.91 Å². The molecule has 0 bridgehead atoms. The lowest BCUT2D eigenvalue weighted by Gasteiger charge is -2.36. The molecule has 1 saturated carbocycles. The normalized spacial score (nSPS) is 16.4. The number of nitrogens with one attached hydrogen (secondary N) is 1. The number of halogens is 2. The number of benzene rings is 2. The molecule has 0 unspecified atom stereocenters. The lowest BCUT2D eigenvalue weighted by molar-refractivity contribution is -0.127. The van der Waals surface area contributed by atoms with Crippen molar-refractivity contribution in [2.24, 2.45) is 5.73 Å². The van der Waals surface area contributed by atoms with Gasteiger partial charge in [0, 0.05) is 35.1 Å². The fourth-order valence-corrected chi connectivity index (χ4v) is 5.24. The predicted molar refractivity (Wildman–Crippen MR) is 118 cm³/mol. The van der Waals surface area contributed by atoms with Gasteiger partial charge >= 0.3 is 0 Å². The van der Waals surface area contributed by atoms with Gasteiger partial charge in [0.15, 0.2) is 0 Å². The highest BCUT2D eigenvalue weighted by Crippen LogP contribution is 2.56. The summed E-state index contributed by atoms with van der Waals surface area (Å²) in [5, 5.41) is 0.829. The topological polar surface area (TPSA) is 79.2 Å². The molecule has 158 valence electrons. The van der Waals surface area contributed by atoms with Gasteiger partial charge in [-0.25, -0.2) is 4.39 Å². The lowest BCUT2D eigenvalue weighted by Crippen LogP contribution is -2.41. The Morgan fingerprint density at radius 3 is 2.74 bits per heavy atom. The van der Waals surface area contributed by atoms with Crippen LogP contribution in [0.5, 0.6) is 0 Å². The monoisotopic (exact) mass is 437 g/mol. The van der Waals surface area contributed by atoms with Crippen molar-refractivity contribution < 1.29 is 14.0 Å². The van der Waals surface area contributed by atoms with Gasteiger partial charge in [0.05, 0.1) is 16.1 Å². The highest BCUT2D eigenvalue weighted by Gasteiger charge is 2.51. The molecule has 0 atom stereocenters. The molecule has 0 saturated heterocycles. The average Bonchev–Trinajstić information content (AvgIpc) is 3.44. The smallest absolute Gasteiger partial charge is 0.250 e. The standard InChI is InChI=1S/C24H21ClFN3O2/c1-3-17(30)29-10-13-5-4-6-14(20(13)24(11-29)7-8-24)18-16(26)9-15(23(27)31)22-19(18)21(25)12(2)28-22/h3-6,9,28H,1,7-8,10-11H2,2H3,(H2,27,31). The molecule has 5 nitrogen and oxygen atoms in total. The van der Waals surface area contributed by atoms with Crippen LogP contribution in [-0.2, 0) is 16.8 Å². The number of H-pyrrole nitrogens is 1. The molecule has 1 aliphatic carbocycles. The third kappa shape index (κ3) is 2.82. The first-order valence-corrected chi connectivity index (χ1v) is 10.5. The van der Waals surface area contributed by atoms with Gasteiger partial charge in [-0.3, -0.25) is 9.59 Å². The van der Waals surface area contributed by atoms with Crippen molar-refractivity contribution in [3.05, 3.63) is 70.1 Å². The van der Waals surface area contributed by atoms with Gasteiger partial charge in [0.1, 0.15) is 5.82 Å². The van der Waals surface area contributed by atoms with E-state index in [0.717, 1.165) is 29.5 Å². The Kier molecular flexibility index (Phi) is 4.28. The van der Waals surface area contributed by atoms with Crippen molar-refractivity contribution in [3.63, 3.8) is 0 Å². The molecular formula is C24H21ClFN3O2. The second kappa shape index (κ2) is 6.69. The van der Waals surface area contributed by atoms with Gasteiger partial charge in [0.2, 0.25) is 5.91 Å². The molecule has 1 spiro atoms. The summed E-state index contributed by atoms with van der Waals surface area (Å²) in [6, 6.07) is 6.93. The maximum Gasteiger partial charge on any atom is 0.250 e. The van der Waals surface area contributed by atoms with Crippen LogP contribution in [0.4, 0.5) is 4.39 Å². The number of fused-ring (bicyclic) bond motifs is 3. The lowest BCUT2D eigenvalue weighted by atomic mass is 9.80. The summed E-state index contributed by atoms with van der Waals surface area (Å²) in [5.74, 6) is -1.37. The van der Waals surface area contributed by atoms with Crippen molar-refractivity contribution in [2.75, 3.05) is 6.54 Å². The molecule has 2 amide bonds. The summed E-state index contributed by atoms with van der Waals surface area (Å²) in [4.78, 5) is 29.2. The fraction of sp³-hybridized carbons (Fsp3) is 0.250. The van der Waals surface area contributed by atoms with E-state index in [0.29, 0.717) is 40.3 Å². The van der Waals surface area contributed by atoms with Crippen LogP contribution >= 0.6 is 11.6 Å². The third-order valence-corrected chi connectivity index (χ3v) is 7.02. The quantitative estimate of drug-likeness (QED) is 0.587. The van der Waals surface area contributed by atoms with E-state index in [9.17, 15) is 9.59 Å². The summed E-state index contributed by atoms with van der Waals surface area (Å²) in [6.07, 6.45) is 3.17. The van der Waals surface area contributed by atoms with E-state index in [2.05, 4.69) is 11.6 Å². The summed E-state index contributed by atoms with van der Waals surface area (Å²) < 4.78 is 15.6. The van der Waals surface area contributed by atoms with Crippen molar-refractivity contribution >= 4 is 34.3 Å². The van der Waals surface area contributed by atoms with E-state index >= 15 is 4.39 Å². The Balaban J connectivity index is 1.81. The second-order valence-corrected chi connectivity index (χ2v) is 8.86. The number of aromatic amines is 1. The summed E-state index contributed by atoms with van der Waals surface area (Å²) in [7, 11) is 0.